The molecule has 1 unspecified atom stereocenters. The topological polar surface area (TPSA) is 35.6 Å². The van der Waals surface area contributed by atoms with Crippen molar-refractivity contribution in [1.82, 2.24) is 10.2 Å². The Morgan fingerprint density at radius 2 is 1.81 bits per heavy atom. The maximum Gasteiger partial charge on any atom is 0.223 e. The number of amides is 1. The van der Waals surface area contributed by atoms with Gasteiger partial charge in [0.2, 0.25) is 5.91 Å². The average Bonchev–Trinajstić information content (AvgIpc) is 2.69. The summed E-state index contributed by atoms with van der Waals surface area (Å²) in [5.74, 6) is 0.577. The van der Waals surface area contributed by atoms with Crippen LogP contribution in [0.3, 0.4) is 0 Å². The van der Waals surface area contributed by atoms with Crippen LogP contribution in [0.4, 0.5) is 5.69 Å². The smallest absolute Gasteiger partial charge is 0.223 e. The minimum Gasteiger partial charge on any atom is -0.369 e. The number of likely N-dealkylation sites (N-methyl/N-ethyl adjacent to an activating group) is 1. The normalized spacial score (nSPS) is 25.0. The van der Waals surface area contributed by atoms with Crippen LogP contribution in [0.2, 0.25) is 0 Å². The molecule has 26 heavy (non-hydrogen) atoms. The van der Waals surface area contributed by atoms with Gasteiger partial charge < -0.3 is 15.1 Å². The molecule has 4 rings (SSSR count). The number of piperazine rings is 1. The van der Waals surface area contributed by atoms with Crippen molar-refractivity contribution in [3.63, 3.8) is 0 Å². The van der Waals surface area contributed by atoms with Gasteiger partial charge in [0.15, 0.2) is 0 Å². The van der Waals surface area contributed by atoms with Crippen LogP contribution in [-0.4, -0.2) is 50.1 Å². The highest BCUT2D eigenvalue weighted by atomic mass is 16.1. The molecule has 142 valence electrons. The van der Waals surface area contributed by atoms with Gasteiger partial charge in [0, 0.05) is 43.8 Å². The van der Waals surface area contributed by atoms with E-state index in [-0.39, 0.29) is 5.92 Å². The minimum absolute atomic E-state index is 0.262. The first-order valence-corrected chi connectivity index (χ1v) is 10.6. The van der Waals surface area contributed by atoms with Crippen molar-refractivity contribution in [2.45, 2.75) is 57.4 Å². The van der Waals surface area contributed by atoms with Crippen molar-refractivity contribution in [3.05, 3.63) is 29.3 Å². The highest BCUT2D eigenvalue weighted by Crippen LogP contribution is 2.32. The zero-order valence-corrected chi connectivity index (χ0v) is 16.2. The Bertz CT molecular complexity index is 630. The molecule has 1 aliphatic heterocycles. The van der Waals surface area contributed by atoms with Gasteiger partial charge in [-0.15, -0.1) is 0 Å². The third kappa shape index (κ3) is 3.90. The Balaban J connectivity index is 1.44. The lowest BCUT2D eigenvalue weighted by molar-refractivity contribution is -0.126. The van der Waals surface area contributed by atoms with E-state index >= 15 is 0 Å². The fourth-order valence-electron chi connectivity index (χ4n) is 4.92. The number of benzene rings is 1. The molecule has 1 atom stereocenters. The summed E-state index contributed by atoms with van der Waals surface area (Å²) < 4.78 is 0. The highest BCUT2D eigenvalue weighted by molar-refractivity contribution is 5.79. The molecule has 4 nitrogen and oxygen atoms in total. The van der Waals surface area contributed by atoms with Gasteiger partial charge >= 0.3 is 0 Å². The SMILES string of the molecule is CN1CCN(c2cccc3c2CC(NC(=O)C2CCCCC2)CC3)CC1. The van der Waals surface area contributed by atoms with E-state index in [1.807, 2.05) is 0 Å². The van der Waals surface area contributed by atoms with Crippen LogP contribution in [0.25, 0.3) is 0 Å². The second-order valence-corrected chi connectivity index (χ2v) is 8.49. The van der Waals surface area contributed by atoms with Gasteiger partial charge in [0.1, 0.15) is 0 Å². The quantitative estimate of drug-likeness (QED) is 0.905. The lowest BCUT2D eigenvalue weighted by atomic mass is 9.85. The fourth-order valence-corrected chi connectivity index (χ4v) is 4.92. The number of aryl methyl sites for hydroxylation is 1. The highest BCUT2D eigenvalue weighted by Gasteiger charge is 2.28. The van der Waals surface area contributed by atoms with Gasteiger partial charge in [-0.25, -0.2) is 0 Å². The Morgan fingerprint density at radius 3 is 2.58 bits per heavy atom. The van der Waals surface area contributed by atoms with Gasteiger partial charge in [-0.3, -0.25) is 4.79 Å². The maximum atomic E-state index is 12.7. The van der Waals surface area contributed by atoms with Gasteiger partial charge in [0.05, 0.1) is 0 Å². The molecular weight excluding hydrogens is 322 g/mol. The number of nitrogens with zero attached hydrogens (tertiary/aromatic N) is 2. The third-order valence-electron chi connectivity index (χ3n) is 6.63. The van der Waals surface area contributed by atoms with Crippen LogP contribution in [0, 0.1) is 5.92 Å². The molecule has 1 saturated carbocycles. The van der Waals surface area contributed by atoms with Gasteiger partial charge in [0.25, 0.3) is 0 Å². The minimum atomic E-state index is 0.262. The van der Waals surface area contributed by atoms with E-state index in [9.17, 15) is 4.79 Å². The zero-order chi connectivity index (χ0) is 17.9. The third-order valence-corrected chi connectivity index (χ3v) is 6.63. The van der Waals surface area contributed by atoms with Crippen LogP contribution in [0.5, 0.6) is 0 Å². The number of hydrogen-bond acceptors (Lipinski definition) is 3. The Kier molecular flexibility index (Phi) is 5.49. The van der Waals surface area contributed by atoms with Crippen molar-refractivity contribution in [2.24, 2.45) is 5.92 Å². The molecule has 1 heterocycles. The van der Waals surface area contributed by atoms with E-state index in [0.717, 1.165) is 58.3 Å². The first kappa shape index (κ1) is 17.8. The summed E-state index contributed by atoms with van der Waals surface area (Å²) in [4.78, 5) is 17.6. The average molecular weight is 356 g/mol. The molecule has 1 N–H and O–H groups in total. The molecule has 1 amide bonds. The first-order valence-electron chi connectivity index (χ1n) is 10.6. The number of carbonyl (C=O) groups is 1. The number of hydrogen-bond donors (Lipinski definition) is 1. The summed E-state index contributed by atoms with van der Waals surface area (Å²) in [5, 5.41) is 3.40. The number of rotatable bonds is 3. The molecule has 1 aromatic rings. The van der Waals surface area contributed by atoms with E-state index in [1.54, 1.807) is 0 Å². The van der Waals surface area contributed by atoms with Crippen molar-refractivity contribution in [3.8, 4) is 0 Å². The van der Waals surface area contributed by atoms with Gasteiger partial charge in [-0.2, -0.15) is 0 Å². The zero-order valence-electron chi connectivity index (χ0n) is 16.2. The molecule has 1 saturated heterocycles. The summed E-state index contributed by atoms with van der Waals surface area (Å²) in [7, 11) is 2.20. The Hall–Kier alpha value is -1.55. The lowest BCUT2D eigenvalue weighted by Crippen LogP contribution is -2.46. The van der Waals surface area contributed by atoms with E-state index in [0.29, 0.717) is 11.9 Å². The number of nitrogens with one attached hydrogen (secondary N) is 1. The van der Waals surface area contributed by atoms with Gasteiger partial charge in [-0.05, 0) is 56.3 Å². The molecule has 1 aromatic carbocycles. The molecule has 4 heteroatoms. The molecule has 0 radical (unpaired) electrons. The lowest BCUT2D eigenvalue weighted by Gasteiger charge is -2.37. The molecule has 2 fully saturated rings. The predicted molar refractivity (Wildman–Crippen MR) is 107 cm³/mol. The van der Waals surface area contributed by atoms with E-state index < -0.39 is 0 Å². The monoisotopic (exact) mass is 355 g/mol. The summed E-state index contributed by atoms with van der Waals surface area (Å²) >= 11 is 0. The Labute approximate surface area is 157 Å². The molecule has 3 aliphatic rings. The molecular formula is C22H33N3O. The standard InChI is InChI=1S/C22H33N3O/c1-24-12-14-25(15-13-24)21-9-5-8-17-10-11-19(16-20(17)21)23-22(26)18-6-3-2-4-7-18/h5,8-9,18-19H,2-4,6-7,10-16H2,1H3,(H,23,26). The van der Waals surface area contributed by atoms with Crippen LogP contribution in [0.1, 0.15) is 49.7 Å². The maximum absolute atomic E-state index is 12.7. The van der Waals surface area contributed by atoms with Crippen LogP contribution >= 0.6 is 0 Å². The van der Waals surface area contributed by atoms with Crippen LogP contribution < -0.4 is 10.2 Å². The van der Waals surface area contributed by atoms with E-state index in [2.05, 4.69) is 40.4 Å². The van der Waals surface area contributed by atoms with Crippen LogP contribution in [0.15, 0.2) is 18.2 Å². The van der Waals surface area contributed by atoms with Gasteiger partial charge in [-0.1, -0.05) is 31.4 Å². The van der Waals surface area contributed by atoms with Crippen molar-refractivity contribution >= 4 is 11.6 Å². The van der Waals surface area contributed by atoms with Crippen molar-refractivity contribution in [2.75, 3.05) is 38.1 Å². The second kappa shape index (κ2) is 7.99. The molecule has 0 bridgehead atoms. The summed E-state index contributed by atoms with van der Waals surface area (Å²) in [6.45, 7) is 4.47. The van der Waals surface area contributed by atoms with E-state index in [4.69, 9.17) is 0 Å². The fraction of sp³-hybridized carbons (Fsp3) is 0.682. The molecule has 0 spiro atoms. The second-order valence-electron chi connectivity index (χ2n) is 8.49. The number of fused-ring (bicyclic) bond motifs is 1. The number of carbonyl (C=O) groups excluding carboxylic acids is 1. The summed E-state index contributed by atoms with van der Waals surface area (Å²) in [5.41, 5.74) is 4.38. The largest absolute Gasteiger partial charge is 0.369 e. The predicted octanol–water partition coefficient (Wildman–Crippen LogP) is 2.99. The van der Waals surface area contributed by atoms with E-state index in [1.165, 1.54) is 36.1 Å². The van der Waals surface area contributed by atoms with Crippen LogP contribution in [-0.2, 0) is 17.6 Å². The Morgan fingerprint density at radius 1 is 1.04 bits per heavy atom. The summed E-state index contributed by atoms with van der Waals surface area (Å²) in [6, 6.07) is 7.10. The molecule has 0 aromatic heterocycles. The van der Waals surface area contributed by atoms with Crippen molar-refractivity contribution in [1.29, 1.82) is 0 Å². The molecule has 2 aliphatic carbocycles. The summed E-state index contributed by atoms with van der Waals surface area (Å²) in [6.07, 6.45) is 9.08. The van der Waals surface area contributed by atoms with Crippen molar-refractivity contribution < 1.29 is 4.79 Å². The number of anilines is 1. The first-order chi connectivity index (χ1) is 12.7.